The Bertz CT molecular complexity index is 966. The molecule has 0 aliphatic heterocycles. The number of aromatic nitrogens is 1. The van der Waals surface area contributed by atoms with Gasteiger partial charge in [-0.05, 0) is 36.4 Å². The summed E-state index contributed by atoms with van der Waals surface area (Å²) in [6, 6.07) is 10.8. The summed E-state index contributed by atoms with van der Waals surface area (Å²) < 4.78 is 13.1. The van der Waals surface area contributed by atoms with E-state index in [0.717, 1.165) is 0 Å². The topological polar surface area (TPSA) is 94.4 Å². The van der Waals surface area contributed by atoms with Crippen molar-refractivity contribution in [2.45, 2.75) is 0 Å². The molecule has 0 unspecified atom stereocenters. The smallest absolute Gasteiger partial charge is 0.280 e. The van der Waals surface area contributed by atoms with Crippen molar-refractivity contribution >= 4 is 34.2 Å². The van der Waals surface area contributed by atoms with Gasteiger partial charge in [0.1, 0.15) is 5.82 Å². The molecular weight excluding hydrogens is 331 g/mol. The van der Waals surface area contributed by atoms with Crippen molar-refractivity contribution in [3.05, 3.63) is 65.1 Å². The monoisotopic (exact) mass is 342 g/mol. The number of nitrogens with zero attached hydrogens (tertiary/aromatic N) is 2. The van der Waals surface area contributed by atoms with E-state index in [1.807, 2.05) is 0 Å². The van der Waals surface area contributed by atoms with Gasteiger partial charge in [-0.2, -0.15) is 4.99 Å². The Kier molecular flexibility index (Phi) is 4.14. The number of carbonyl (C=O) groups is 1. The Morgan fingerprint density at radius 2 is 1.79 bits per heavy atom. The van der Waals surface area contributed by atoms with Crippen LogP contribution < -0.4 is 11.5 Å². The van der Waals surface area contributed by atoms with Crippen molar-refractivity contribution in [3.8, 4) is 11.3 Å². The first-order valence-electron chi connectivity index (χ1n) is 6.94. The lowest BCUT2D eigenvalue weighted by Crippen LogP contribution is -2.24. The van der Waals surface area contributed by atoms with Gasteiger partial charge in [0.25, 0.3) is 5.91 Å². The second-order valence-electron chi connectivity index (χ2n) is 5.06. The van der Waals surface area contributed by atoms with Crippen LogP contribution in [0.3, 0.4) is 0 Å². The molecule has 4 N–H and O–H groups in total. The molecule has 24 heavy (non-hydrogen) atoms. The maximum Gasteiger partial charge on any atom is 0.280 e. The fourth-order valence-electron chi connectivity index (χ4n) is 2.36. The maximum absolute atomic E-state index is 13.1. The molecule has 3 aromatic rings. The van der Waals surface area contributed by atoms with Gasteiger partial charge in [0.05, 0.1) is 10.7 Å². The van der Waals surface area contributed by atoms with Crippen LogP contribution in [0.15, 0.2) is 53.7 Å². The number of hydrogen-bond donors (Lipinski definition) is 2. The standard InChI is InChI=1S/C17H12ClFN4O/c18-14-8-22-15(9-1-4-11(19)5-2-9)13-7-10(3-6-12(13)14)16(24)23-17(20)21/h1-8H,(H4,20,21,23,24). The molecule has 0 atom stereocenters. The molecule has 5 nitrogen and oxygen atoms in total. The zero-order valence-corrected chi connectivity index (χ0v) is 13.1. The number of halogens is 2. The zero-order valence-electron chi connectivity index (χ0n) is 12.3. The van der Waals surface area contributed by atoms with Crippen LogP contribution in [0.4, 0.5) is 4.39 Å². The lowest BCUT2D eigenvalue weighted by Gasteiger charge is -2.09. The molecule has 0 saturated heterocycles. The molecule has 1 heterocycles. The molecule has 0 fully saturated rings. The van der Waals surface area contributed by atoms with E-state index in [2.05, 4.69) is 9.98 Å². The van der Waals surface area contributed by atoms with Gasteiger partial charge < -0.3 is 11.5 Å². The number of fused-ring (bicyclic) bond motifs is 1. The van der Waals surface area contributed by atoms with Gasteiger partial charge in [0.2, 0.25) is 0 Å². The molecule has 1 aromatic heterocycles. The van der Waals surface area contributed by atoms with E-state index in [-0.39, 0.29) is 11.8 Å². The summed E-state index contributed by atoms with van der Waals surface area (Å²) in [5.74, 6) is -1.23. The van der Waals surface area contributed by atoms with E-state index in [1.54, 1.807) is 30.3 Å². The number of carbonyl (C=O) groups excluding carboxylic acids is 1. The van der Waals surface area contributed by atoms with Crippen molar-refractivity contribution in [2.24, 2.45) is 16.5 Å². The summed E-state index contributed by atoms with van der Waals surface area (Å²) in [5, 5.41) is 1.80. The Labute approximate surface area is 141 Å². The van der Waals surface area contributed by atoms with E-state index >= 15 is 0 Å². The number of benzene rings is 2. The van der Waals surface area contributed by atoms with E-state index in [4.69, 9.17) is 23.1 Å². The average molecular weight is 343 g/mol. The molecule has 0 radical (unpaired) electrons. The van der Waals surface area contributed by atoms with Gasteiger partial charge in [-0.3, -0.25) is 9.78 Å². The third-order valence-electron chi connectivity index (χ3n) is 3.43. The molecule has 120 valence electrons. The molecule has 1 amide bonds. The largest absolute Gasteiger partial charge is 0.370 e. The zero-order chi connectivity index (χ0) is 17.3. The van der Waals surface area contributed by atoms with Crippen LogP contribution in [0, 0.1) is 5.82 Å². The Hall–Kier alpha value is -2.99. The Balaban J connectivity index is 2.23. The quantitative estimate of drug-likeness (QED) is 0.552. The second kappa shape index (κ2) is 6.25. The predicted molar refractivity (Wildman–Crippen MR) is 92.3 cm³/mol. The van der Waals surface area contributed by atoms with Crippen LogP contribution >= 0.6 is 11.6 Å². The van der Waals surface area contributed by atoms with Crippen LogP contribution in [-0.4, -0.2) is 16.9 Å². The van der Waals surface area contributed by atoms with Crippen LogP contribution in [0.2, 0.25) is 5.02 Å². The number of aliphatic imine (C=N–C) groups is 1. The van der Waals surface area contributed by atoms with E-state index < -0.39 is 5.91 Å². The number of pyridine rings is 1. The normalized spacial score (nSPS) is 10.6. The van der Waals surface area contributed by atoms with Crippen LogP contribution in [-0.2, 0) is 0 Å². The highest BCUT2D eigenvalue weighted by molar-refractivity contribution is 6.35. The van der Waals surface area contributed by atoms with Crippen LogP contribution in [0.1, 0.15) is 10.4 Å². The molecule has 0 aliphatic carbocycles. The minimum Gasteiger partial charge on any atom is -0.370 e. The summed E-state index contributed by atoms with van der Waals surface area (Å²) >= 11 is 6.18. The summed E-state index contributed by atoms with van der Waals surface area (Å²) in [7, 11) is 0. The van der Waals surface area contributed by atoms with E-state index in [1.165, 1.54) is 18.3 Å². The number of amides is 1. The summed E-state index contributed by atoms with van der Waals surface area (Å²) in [6.45, 7) is 0. The number of hydrogen-bond acceptors (Lipinski definition) is 2. The first kappa shape index (κ1) is 15.9. The lowest BCUT2D eigenvalue weighted by atomic mass is 10.0. The third-order valence-corrected chi connectivity index (χ3v) is 3.74. The molecule has 0 saturated carbocycles. The minimum absolute atomic E-state index is 0.295. The highest BCUT2D eigenvalue weighted by Crippen LogP contribution is 2.32. The second-order valence-corrected chi connectivity index (χ2v) is 5.47. The molecule has 3 rings (SSSR count). The molecular formula is C17H12ClFN4O. The summed E-state index contributed by atoms with van der Waals surface area (Å²) in [4.78, 5) is 19.9. The minimum atomic E-state index is -0.568. The van der Waals surface area contributed by atoms with Gasteiger partial charge in [0.15, 0.2) is 5.96 Å². The van der Waals surface area contributed by atoms with Crippen molar-refractivity contribution in [1.82, 2.24) is 4.98 Å². The van der Waals surface area contributed by atoms with Gasteiger partial charge in [-0.25, -0.2) is 4.39 Å². The maximum atomic E-state index is 13.1. The molecule has 0 spiro atoms. The molecule has 0 aliphatic rings. The van der Waals surface area contributed by atoms with Crippen molar-refractivity contribution in [1.29, 1.82) is 0 Å². The highest BCUT2D eigenvalue weighted by Gasteiger charge is 2.12. The summed E-state index contributed by atoms with van der Waals surface area (Å²) in [6.07, 6.45) is 1.51. The van der Waals surface area contributed by atoms with E-state index in [9.17, 15) is 9.18 Å². The van der Waals surface area contributed by atoms with Crippen LogP contribution in [0.25, 0.3) is 22.0 Å². The Morgan fingerprint density at radius 3 is 2.46 bits per heavy atom. The van der Waals surface area contributed by atoms with E-state index in [0.29, 0.717) is 32.6 Å². The van der Waals surface area contributed by atoms with Gasteiger partial charge in [-0.15, -0.1) is 0 Å². The molecule has 7 heteroatoms. The van der Waals surface area contributed by atoms with Gasteiger partial charge in [-0.1, -0.05) is 17.7 Å². The third kappa shape index (κ3) is 3.04. The fourth-order valence-corrected chi connectivity index (χ4v) is 2.57. The number of nitrogens with two attached hydrogens (primary N) is 2. The van der Waals surface area contributed by atoms with Gasteiger partial charge in [0, 0.05) is 28.1 Å². The predicted octanol–water partition coefficient (Wildman–Crippen LogP) is 3.11. The first-order chi connectivity index (χ1) is 11.5. The van der Waals surface area contributed by atoms with Crippen molar-refractivity contribution in [3.63, 3.8) is 0 Å². The highest BCUT2D eigenvalue weighted by atomic mass is 35.5. The fraction of sp³-hybridized carbons (Fsp3) is 0. The average Bonchev–Trinajstić information content (AvgIpc) is 2.55. The number of guanidine groups is 1. The number of rotatable bonds is 2. The van der Waals surface area contributed by atoms with Crippen molar-refractivity contribution in [2.75, 3.05) is 0 Å². The Morgan fingerprint density at radius 1 is 1.08 bits per heavy atom. The lowest BCUT2D eigenvalue weighted by molar-refractivity contribution is 0.100. The molecule has 0 bridgehead atoms. The van der Waals surface area contributed by atoms with Gasteiger partial charge >= 0.3 is 0 Å². The first-order valence-corrected chi connectivity index (χ1v) is 7.31. The molecule has 2 aromatic carbocycles. The SMILES string of the molecule is NC(N)=NC(=O)c1ccc2c(Cl)cnc(-c3ccc(F)cc3)c2c1. The summed E-state index contributed by atoms with van der Waals surface area (Å²) in [5.41, 5.74) is 12.1. The van der Waals surface area contributed by atoms with Crippen LogP contribution in [0.5, 0.6) is 0 Å². The van der Waals surface area contributed by atoms with Crippen molar-refractivity contribution < 1.29 is 9.18 Å².